The Hall–Kier alpha value is -4.09. The van der Waals surface area contributed by atoms with Gasteiger partial charge in [0.15, 0.2) is 5.82 Å². The van der Waals surface area contributed by atoms with Crippen molar-refractivity contribution in [3.8, 4) is 17.3 Å². The van der Waals surface area contributed by atoms with Gasteiger partial charge in [0.25, 0.3) is 5.88 Å². The second-order valence-corrected chi connectivity index (χ2v) is 11.7. The van der Waals surface area contributed by atoms with Gasteiger partial charge in [0.05, 0.1) is 29.9 Å². The monoisotopic (exact) mass is 604 g/mol. The van der Waals surface area contributed by atoms with Gasteiger partial charge in [-0.2, -0.15) is 9.37 Å². The number of imidazole rings is 1. The minimum Gasteiger partial charge on any atom is -0.472 e. The van der Waals surface area contributed by atoms with E-state index in [1.54, 1.807) is 0 Å². The first-order chi connectivity index (χ1) is 21.0. The van der Waals surface area contributed by atoms with Gasteiger partial charge in [0.2, 0.25) is 5.82 Å². The highest BCUT2D eigenvalue weighted by Crippen LogP contribution is 2.32. The molecule has 2 fully saturated rings. The Morgan fingerprint density at radius 1 is 1.07 bits per heavy atom. The van der Waals surface area contributed by atoms with Crippen molar-refractivity contribution in [2.45, 2.75) is 63.7 Å². The fourth-order valence-electron chi connectivity index (χ4n) is 5.88. The molecule has 0 spiro atoms. The van der Waals surface area contributed by atoms with Gasteiger partial charge in [-0.05, 0) is 73.9 Å². The second kappa shape index (κ2) is 11.9. The van der Waals surface area contributed by atoms with Crippen LogP contribution in [0.15, 0.2) is 58.0 Å². The SMILES string of the molecule is O=c1[nH]c(-c2ccc3c(c2)nc(CC2CCC(Oc4nc(Cc5ccc(Cl)cc5)ncc4F)CC2)n3CC2CCO2)no1. The van der Waals surface area contributed by atoms with Gasteiger partial charge in [-0.15, -0.1) is 0 Å². The number of rotatable bonds is 9. The standard InChI is InChI=1S/C31H30ClFN6O4/c32-21-6-1-18(2-7-21)13-27-34-16-24(33)30(36-27)42-22-8-3-19(4-9-22)14-28-35-25-15-20(29-37-31(40)43-38-29)5-10-26(25)39(28)17-23-11-12-41-23/h1-2,5-7,10,15-16,19,22-23H,3-4,8-9,11-14,17H2,(H,37,38,40). The Bertz CT molecular complexity index is 1790. The lowest BCUT2D eigenvalue weighted by atomic mass is 9.85. The van der Waals surface area contributed by atoms with E-state index >= 15 is 0 Å². The molecule has 2 aromatic carbocycles. The van der Waals surface area contributed by atoms with Crippen LogP contribution in [-0.4, -0.2) is 48.5 Å². The van der Waals surface area contributed by atoms with E-state index in [0.29, 0.717) is 29.0 Å². The number of halogens is 2. The summed E-state index contributed by atoms with van der Waals surface area (Å²) in [7, 11) is 0. The summed E-state index contributed by atoms with van der Waals surface area (Å²) in [6.07, 6.45) is 7.03. The van der Waals surface area contributed by atoms with Crippen molar-refractivity contribution in [1.29, 1.82) is 0 Å². The number of ether oxygens (including phenoxy) is 2. The van der Waals surface area contributed by atoms with Gasteiger partial charge < -0.3 is 14.0 Å². The van der Waals surface area contributed by atoms with Gasteiger partial charge in [-0.25, -0.2) is 14.8 Å². The zero-order valence-electron chi connectivity index (χ0n) is 23.3. The van der Waals surface area contributed by atoms with E-state index in [2.05, 4.69) is 29.2 Å². The summed E-state index contributed by atoms with van der Waals surface area (Å²) in [6, 6.07) is 13.3. The molecule has 1 saturated carbocycles. The first kappa shape index (κ1) is 27.7. The van der Waals surface area contributed by atoms with Gasteiger partial charge >= 0.3 is 5.76 Å². The van der Waals surface area contributed by atoms with Crippen molar-refractivity contribution >= 4 is 22.6 Å². The molecule has 3 aromatic heterocycles. The predicted molar refractivity (Wildman–Crippen MR) is 157 cm³/mol. The number of H-pyrrole nitrogens is 1. The molecule has 0 amide bonds. The zero-order valence-corrected chi connectivity index (χ0v) is 24.1. The molecule has 1 atom stereocenters. The number of aromatic amines is 1. The highest BCUT2D eigenvalue weighted by Gasteiger charge is 2.28. The lowest BCUT2D eigenvalue weighted by molar-refractivity contribution is -0.0590. The van der Waals surface area contributed by atoms with E-state index in [1.165, 1.54) is 6.20 Å². The lowest BCUT2D eigenvalue weighted by Crippen LogP contribution is -2.32. The van der Waals surface area contributed by atoms with Crippen molar-refractivity contribution in [2.24, 2.45) is 5.92 Å². The van der Waals surface area contributed by atoms with Crippen molar-refractivity contribution in [2.75, 3.05) is 6.61 Å². The second-order valence-electron chi connectivity index (χ2n) is 11.3. The predicted octanol–water partition coefficient (Wildman–Crippen LogP) is 5.52. The number of hydrogen-bond donors (Lipinski definition) is 1. The van der Waals surface area contributed by atoms with Crippen molar-refractivity contribution in [3.63, 3.8) is 0 Å². The molecule has 43 heavy (non-hydrogen) atoms. The Morgan fingerprint density at radius 3 is 2.60 bits per heavy atom. The number of aromatic nitrogens is 6. The average molecular weight is 605 g/mol. The summed E-state index contributed by atoms with van der Waals surface area (Å²) in [5, 5.41) is 4.47. The van der Waals surface area contributed by atoms with Crippen LogP contribution < -0.4 is 10.5 Å². The largest absolute Gasteiger partial charge is 0.472 e. The van der Waals surface area contributed by atoms with Gasteiger partial charge in [-0.1, -0.05) is 28.9 Å². The molecule has 10 nitrogen and oxygen atoms in total. The molecule has 1 unspecified atom stereocenters. The van der Waals surface area contributed by atoms with Crippen LogP contribution >= 0.6 is 11.6 Å². The number of nitrogens with zero attached hydrogens (tertiary/aromatic N) is 5. The molecule has 4 heterocycles. The van der Waals surface area contributed by atoms with E-state index in [9.17, 15) is 9.18 Å². The molecule has 222 valence electrons. The van der Waals surface area contributed by atoms with E-state index in [-0.39, 0.29) is 18.1 Å². The van der Waals surface area contributed by atoms with E-state index in [4.69, 9.17) is 26.1 Å². The Labute approximate surface area is 251 Å². The zero-order chi connectivity index (χ0) is 29.3. The van der Waals surface area contributed by atoms with Gasteiger partial charge in [0.1, 0.15) is 17.8 Å². The summed E-state index contributed by atoms with van der Waals surface area (Å²) in [5.41, 5.74) is 3.58. The van der Waals surface area contributed by atoms with Gasteiger partial charge in [-0.3, -0.25) is 9.51 Å². The highest BCUT2D eigenvalue weighted by molar-refractivity contribution is 6.30. The molecular formula is C31H30ClFN6O4. The van der Waals surface area contributed by atoms with E-state index in [0.717, 1.165) is 79.7 Å². The Morgan fingerprint density at radius 2 is 1.88 bits per heavy atom. The fraction of sp³-hybridized carbons (Fsp3) is 0.387. The normalized spacial score (nSPS) is 20.3. The number of benzene rings is 2. The maximum atomic E-state index is 14.6. The van der Waals surface area contributed by atoms with Crippen molar-refractivity contribution in [1.82, 2.24) is 29.7 Å². The third-order valence-corrected chi connectivity index (χ3v) is 8.55. The molecule has 1 aliphatic carbocycles. The molecule has 12 heteroatoms. The van der Waals surface area contributed by atoms with Crippen LogP contribution in [0.1, 0.15) is 49.3 Å². The third-order valence-electron chi connectivity index (χ3n) is 8.30. The van der Waals surface area contributed by atoms with Crippen molar-refractivity contribution < 1.29 is 18.4 Å². The summed E-state index contributed by atoms with van der Waals surface area (Å²) >= 11 is 5.98. The van der Waals surface area contributed by atoms with E-state index < -0.39 is 11.6 Å². The van der Waals surface area contributed by atoms with Crippen LogP contribution in [-0.2, 0) is 24.1 Å². The first-order valence-electron chi connectivity index (χ1n) is 14.6. The lowest BCUT2D eigenvalue weighted by Gasteiger charge is -2.30. The first-order valence-corrected chi connectivity index (χ1v) is 14.9. The fourth-order valence-corrected chi connectivity index (χ4v) is 6.01. The van der Waals surface area contributed by atoms with Crippen molar-refractivity contribution in [3.05, 3.63) is 87.3 Å². The number of nitrogens with one attached hydrogen (secondary N) is 1. The molecule has 0 bridgehead atoms. The maximum Gasteiger partial charge on any atom is 0.439 e. The number of fused-ring (bicyclic) bond motifs is 1. The van der Waals surface area contributed by atoms with Crippen LogP contribution in [0.2, 0.25) is 5.02 Å². The van der Waals surface area contributed by atoms with Crippen LogP contribution in [0.4, 0.5) is 4.39 Å². The smallest absolute Gasteiger partial charge is 0.439 e. The Balaban J connectivity index is 1.02. The molecule has 1 saturated heterocycles. The molecule has 5 aromatic rings. The quantitative estimate of drug-likeness (QED) is 0.233. The van der Waals surface area contributed by atoms with Gasteiger partial charge in [0, 0.05) is 30.0 Å². The van der Waals surface area contributed by atoms with Crippen LogP contribution in [0, 0.1) is 11.7 Å². The molecule has 2 aliphatic rings. The minimum atomic E-state index is -0.594. The van der Waals surface area contributed by atoms with E-state index in [1.807, 2.05) is 42.5 Å². The number of hydrogen-bond acceptors (Lipinski definition) is 8. The molecule has 1 N–H and O–H groups in total. The molecule has 7 rings (SSSR count). The minimum absolute atomic E-state index is 0.00830. The maximum absolute atomic E-state index is 14.6. The van der Waals surface area contributed by atoms with Crippen LogP contribution in [0.5, 0.6) is 5.88 Å². The average Bonchev–Trinajstić information content (AvgIpc) is 3.57. The molecule has 1 aliphatic heterocycles. The summed E-state index contributed by atoms with van der Waals surface area (Å²) in [4.78, 5) is 27.6. The highest BCUT2D eigenvalue weighted by atomic mass is 35.5. The summed E-state index contributed by atoms with van der Waals surface area (Å²) in [6.45, 7) is 1.53. The molecular weight excluding hydrogens is 575 g/mol. The van der Waals surface area contributed by atoms with Crippen LogP contribution in [0.3, 0.4) is 0 Å². The molecule has 0 radical (unpaired) electrons. The Kier molecular flexibility index (Phi) is 7.67. The summed E-state index contributed by atoms with van der Waals surface area (Å²) < 4.78 is 33.3. The topological polar surface area (TPSA) is 121 Å². The van der Waals surface area contributed by atoms with Crippen LogP contribution in [0.25, 0.3) is 22.4 Å². The summed E-state index contributed by atoms with van der Waals surface area (Å²) in [5.74, 6) is 1.16. The third kappa shape index (κ3) is 6.18.